The predicted molar refractivity (Wildman–Crippen MR) is 98.0 cm³/mol. The summed E-state index contributed by atoms with van der Waals surface area (Å²) >= 11 is 0. The number of hydrogen-bond acceptors (Lipinski definition) is 2. The van der Waals surface area contributed by atoms with Crippen LogP contribution >= 0.6 is 0 Å². The molecule has 1 heterocycles. The lowest BCUT2D eigenvalue weighted by atomic mass is 9.88. The Labute approximate surface area is 158 Å². The molecular weight excluding hydrogens is 352 g/mol. The summed E-state index contributed by atoms with van der Waals surface area (Å²) in [6.07, 6.45) is 5.42. The summed E-state index contributed by atoms with van der Waals surface area (Å²) in [5, 5.41) is 2.81. The van der Waals surface area contributed by atoms with Crippen LogP contribution in [-0.4, -0.2) is 47.9 Å². The molecule has 1 atom stereocenters. The molecule has 3 amide bonds. The molecule has 1 aliphatic carbocycles. The molecule has 148 valence electrons. The molecule has 1 unspecified atom stereocenters. The fourth-order valence-electron chi connectivity index (χ4n) is 3.88. The molecule has 1 N–H and O–H groups in total. The molecule has 2 fully saturated rings. The SMILES string of the molecule is CC(NC(=O)N1CCN(C(=O)C2CCCCC2)CC1)c1ccc(F)c(F)c1. The van der Waals surface area contributed by atoms with Crippen molar-refractivity contribution in [2.45, 2.75) is 45.1 Å². The molecule has 0 radical (unpaired) electrons. The summed E-state index contributed by atoms with van der Waals surface area (Å²) in [5.74, 6) is -1.46. The smallest absolute Gasteiger partial charge is 0.317 e. The van der Waals surface area contributed by atoms with E-state index in [4.69, 9.17) is 0 Å². The number of carbonyl (C=O) groups excluding carboxylic acids is 2. The van der Waals surface area contributed by atoms with Crippen molar-refractivity contribution < 1.29 is 18.4 Å². The Morgan fingerprint density at radius 2 is 1.63 bits per heavy atom. The molecule has 2 aliphatic rings. The molecule has 1 saturated carbocycles. The summed E-state index contributed by atoms with van der Waals surface area (Å²) in [6, 6.07) is 2.93. The van der Waals surface area contributed by atoms with Gasteiger partial charge in [0.05, 0.1) is 6.04 Å². The quantitative estimate of drug-likeness (QED) is 0.874. The van der Waals surface area contributed by atoms with Gasteiger partial charge in [-0.15, -0.1) is 0 Å². The molecule has 5 nitrogen and oxygen atoms in total. The maximum Gasteiger partial charge on any atom is 0.317 e. The zero-order valence-electron chi connectivity index (χ0n) is 15.7. The first kappa shape index (κ1) is 19.6. The molecule has 7 heteroatoms. The number of nitrogens with one attached hydrogen (secondary N) is 1. The zero-order chi connectivity index (χ0) is 19.4. The number of halogens is 2. The van der Waals surface area contributed by atoms with Crippen molar-refractivity contribution >= 4 is 11.9 Å². The number of rotatable bonds is 3. The molecule has 27 heavy (non-hydrogen) atoms. The first-order chi connectivity index (χ1) is 13.0. The Morgan fingerprint density at radius 3 is 2.26 bits per heavy atom. The Bertz CT molecular complexity index is 684. The fraction of sp³-hybridized carbons (Fsp3) is 0.600. The first-order valence-corrected chi connectivity index (χ1v) is 9.75. The van der Waals surface area contributed by atoms with Gasteiger partial charge in [-0.3, -0.25) is 4.79 Å². The van der Waals surface area contributed by atoms with Gasteiger partial charge in [-0.25, -0.2) is 13.6 Å². The number of piperazine rings is 1. The number of urea groups is 1. The highest BCUT2D eigenvalue weighted by atomic mass is 19.2. The van der Waals surface area contributed by atoms with E-state index in [-0.39, 0.29) is 17.9 Å². The number of benzene rings is 1. The summed E-state index contributed by atoms with van der Waals surface area (Å²) < 4.78 is 26.4. The van der Waals surface area contributed by atoms with Gasteiger partial charge in [0.2, 0.25) is 5.91 Å². The average molecular weight is 379 g/mol. The standard InChI is InChI=1S/C20H27F2N3O2/c1-14(16-7-8-17(21)18(22)13-16)23-20(27)25-11-9-24(10-12-25)19(26)15-5-3-2-4-6-15/h7-8,13-15H,2-6,9-12H2,1H3,(H,23,27). The molecule has 1 aliphatic heterocycles. The topological polar surface area (TPSA) is 52.7 Å². The molecule has 1 saturated heterocycles. The van der Waals surface area contributed by atoms with Crippen LogP contribution in [0.5, 0.6) is 0 Å². The van der Waals surface area contributed by atoms with E-state index in [1.54, 1.807) is 11.8 Å². The monoisotopic (exact) mass is 379 g/mol. The van der Waals surface area contributed by atoms with E-state index in [0.29, 0.717) is 31.7 Å². The van der Waals surface area contributed by atoms with Gasteiger partial charge in [-0.05, 0) is 37.5 Å². The molecule has 0 spiro atoms. The van der Waals surface area contributed by atoms with Crippen molar-refractivity contribution in [2.75, 3.05) is 26.2 Å². The van der Waals surface area contributed by atoms with Gasteiger partial charge in [-0.2, -0.15) is 0 Å². The van der Waals surface area contributed by atoms with Crippen LogP contribution in [0, 0.1) is 17.6 Å². The van der Waals surface area contributed by atoms with E-state index >= 15 is 0 Å². The highest BCUT2D eigenvalue weighted by Crippen LogP contribution is 2.26. The van der Waals surface area contributed by atoms with E-state index in [2.05, 4.69) is 5.32 Å². The lowest BCUT2D eigenvalue weighted by molar-refractivity contribution is -0.138. The van der Waals surface area contributed by atoms with Crippen molar-refractivity contribution in [3.63, 3.8) is 0 Å². The van der Waals surface area contributed by atoms with Gasteiger partial charge in [0, 0.05) is 32.1 Å². The number of amides is 3. The maximum absolute atomic E-state index is 13.4. The normalized spacial score (nSPS) is 19.7. The van der Waals surface area contributed by atoms with E-state index in [0.717, 1.165) is 37.8 Å². The summed E-state index contributed by atoms with van der Waals surface area (Å²) in [7, 11) is 0. The van der Waals surface area contributed by atoms with Crippen LogP contribution in [0.1, 0.15) is 50.6 Å². The molecule has 0 aromatic heterocycles. The van der Waals surface area contributed by atoms with Gasteiger partial charge in [0.15, 0.2) is 11.6 Å². The van der Waals surface area contributed by atoms with Crippen molar-refractivity contribution in [1.29, 1.82) is 0 Å². The van der Waals surface area contributed by atoms with E-state index in [1.807, 2.05) is 4.90 Å². The van der Waals surface area contributed by atoms with Crippen LogP contribution < -0.4 is 5.32 Å². The van der Waals surface area contributed by atoms with Crippen molar-refractivity contribution in [2.24, 2.45) is 5.92 Å². The molecule has 3 rings (SSSR count). The third-order valence-electron chi connectivity index (χ3n) is 5.62. The van der Waals surface area contributed by atoms with Crippen molar-refractivity contribution in [1.82, 2.24) is 15.1 Å². The highest BCUT2D eigenvalue weighted by Gasteiger charge is 2.30. The van der Waals surface area contributed by atoms with Crippen LogP contribution in [0.15, 0.2) is 18.2 Å². The van der Waals surface area contributed by atoms with Crippen LogP contribution in [-0.2, 0) is 4.79 Å². The van der Waals surface area contributed by atoms with Gasteiger partial charge in [0.25, 0.3) is 0 Å². The molecule has 0 bridgehead atoms. The van der Waals surface area contributed by atoms with E-state index in [1.165, 1.54) is 12.5 Å². The average Bonchev–Trinajstić information content (AvgIpc) is 2.70. The van der Waals surface area contributed by atoms with Crippen molar-refractivity contribution in [3.8, 4) is 0 Å². The van der Waals surface area contributed by atoms with Gasteiger partial charge < -0.3 is 15.1 Å². The fourth-order valence-corrected chi connectivity index (χ4v) is 3.88. The lowest BCUT2D eigenvalue weighted by Crippen LogP contribution is -2.54. The second-order valence-electron chi connectivity index (χ2n) is 7.49. The number of carbonyl (C=O) groups is 2. The third kappa shape index (κ3) is 4.76. The summed E-state index contributed by atoms with van der Waals surface area (Å²) in [5.41, 5.74) is 0.508. The minimum absolute atomic E-state index is 0.146. The van der Waals surface area contributed by atoms with Gasteiger partial charge in [-0.1, -0.05) is 25.3 Å². The van der Waals surface area contributed by atoms with Gasteiger partial charge in [0.1, 0.15) is 0 Å². The second kappa shape index (κ2) is 8.67. The minimum Gasteiger partial charge on any atom is -0.339 e. The first-order valence-electron chi connectivity index (χ1n) is 9.75. The van der Waals surface area contributed by atoms with Crippen LogP contribution in [0.2, 0.25) is 0 Å². The highest BCUT2D eigenvalue weighted by molar-refractivity contribution is 5.80. The Balaban J connectivity index is 1.49. The molecule has 1 aromatic carbocycles. The van der Waals surface area contributed by atoms with Crippen LogP contribution in [0.4, 0.5) is 13.6 Å². The summed E-state index contributed by atoms with van der Waals surface area (Å²) in [4.78, 5) is 28.6. The predicted octanol–water partition coefficient (Wildman–Crippen LogP) is 3.46. The van der Waals surface area contributed by atoms with Crippen LogP contribution in [0.3, 0.4) is 0 Å². The molecular formula is C20H27F2N3O2. The molecule has 1 aromatic rings. The second-order valence-corrected chi connectivity index (χ2v) is 7.49. The maximum atomic E-state index is 13.4. The Morgan fingerprint density at radius 1 is 1.00 bits per heavy atom. The number of hydrogen-bond donors (Lipinski definition) is 1. The number of nitrogens with zero attached hydrogens (tertiary/aromatic N) is 2. The van der Waals surface area contributed by atoms with E-state index in [9.17, 15) is 18.4 Å². The zero-order valence-corrected chi connectivity index (χ0v) is 15.7. The Hall–Kier alpha value is -2.18. The van der Waals surface area contributed by atoms with Gasteiger partial charge >= 0.3 is 6.03 Å². The Kier molecular flexibility index (Phi) is 6.29. The third-order valence-corrected chi connectivity index (χ3v) is 5.62. The largest absolute Gasteiger partial charge is 0.339 e. The van der Waals surface area contributed by atoms with Crippen LogP contribution in [0.25, 0.3) is 0 Å². The lowest BCUT2D eigenvalue weighted by Gasteiger charge is -2.37. The summed E-state index contributed by atoms with van der Waals surface area (Å²) in [6.45, 7) is 3.78. The van der Waals surface area contributed by atoms with Crippen molar-refractivity contribution in [3.05, 3.63) is 35.4 Å². The minimum atomic E-state index is -0.927. The van der Waals surface area contributed by atoms with E-state index < -0.39 is 17.7 Å².